The normalized spacial score (nSPS) is 14.1. The summed E-state index contributed by atoms with van der Waals surface area (Å²) in [4.78, 5) is 13.7. The third kappa shape index (κ3) is 2.03. The van der Waals surface area contributed by atoms with E-state index < -0.39 is 0 Å². The number of hydrogen-bond acceptors (Lipinski definition) is 1. The maximum Gasteiger partial charge on any atom is 0.322 e. The van der Waals surface area contributed by atoms with Gasteiger partial charge in [-0.3, -0.25) is 4.90 Å². The zero-order valence-corrected chi connectivity index (χ0v) is 10.1. The molecule has 0 radical (unpaired) electrons. The van der Waals surface area contributed by atoms with Gasteiger partial charge in [0, 0.05) is 18.3 Å². The lowest BCUT2D eigenvalue weighted by Crippen LogP contribution is -2.42. The molecule has 0 unspecified atom stereocenters. The van der Waals surface area contributed by atoms with Gasteiger partial charge in [0.25, 0.3) is 0 Å². The summed E-state index contributed by atoms with van der Waals surface area (Å²) in [6.45, 7) is 6.82. The molecule has 0 saturated carbocycles. The lowest BCUT2D eigenvalue weighted by molar-refractivity contribution is 0.244. The molecule has 16 heavy (non-hydrogen) atoms. The van der Waals surface area contributed by atoms with Crippen molar-refractivity contribution in [3.05, 3.63) is 29.3 Å². The number of amides is 2. The van der Waals surface area contributed by atoms with E-state index in [0.29, 0.717) is 0 Å². The number of anilines is 1. The molecule has 2 amide bonds. The van der Waals surface area contributed by atoms with Gasteiger partial charge >= 0.3 is 6.03 Å². The Morgan fingerprint density at radius 1 is 1.44 bits per heavy atom. The maximum absolute atomic E-state index is 11.9. The van der Waals surface area contributed by atoms with Gasteiger partial charge in [0.1, 0.15) is 0 Å². The van der Waals surface area contributed by atoms with Crippen LogP contribution in [0.15, 0.2) is 18.2 Å². The second-order valence-electron chi connectivity index (χ2n) is 4.64. The van der Waals surface area contributed by atoms with Crippen LogP contribution in [0.5, 0.6) is 0 Å². The molecule has 86 valence electrons. The summed E-state index contributed by atoms with van der Waals surface area (Å²) in [7, 11) is 0. The number of rotatable bonds is 1. The Morgan fingerprint density at radius 2 is 2.19 bits per heavy atom. The first-order valence-electron chi connectivity index (χ1n) is 5.75. The van der Waals surface area contributed by atoms with E-state index in [2.05, 4.69) is 24.4 Å². The highest BCUT2D eigenvalue weighted by molar-refractivity contribution is 5.94. The number of fused-ring (bicyclic) bond motifs is 1. The number of nitrogens with one attached hydrogen (secondary N) is 1. The van der Waals surface area contributed by atoms with Gasteiger partial charge in [-0.2, -0.15) is 0 Å². The molecule has 1 aromatic carbocycles. The number of aryl methyl sites for hydroxylation is 1. The molecule has 1 aliphatic heterocycles. The van der Waals surface area contributed by atoms with Crippen molar-refractivity contribution in [2.75, 3.05) is 11.4 Å². The summed E-state index contributed by atoms with van der Waals surface area (Å²) < 4.78 is 0. The average molecular weight is 218 g/mol. The van der Waals surface area contributed by atoms with Crippen molar-refractivity contribution in [3.63, 3.8) is 0 Å². The van der Waals surface area contributed by atoms with Gasteiger partial charge in [-0.25, -0.2) is 4.79 Å². The number of carbonyl (C=O) groups is 1. The molecule has 1 aromatic rings. The second-order valence-corrected chi connectivity index (χ2v) is 4.64. The van der Waals surface area contributed by atoms with Crippen LogP contribution >= 0.6 is 0 Å². The highest BCUT2D eigenvalue weighted by Gasteiger charge is 2.24. The highest BCUT2D eigenvalue weighted by Crippen LogP contribution is 2.28. The summed E-state index contributed by atoms with van der Waals surface area (Å²) in [6.07, 6.45) is 0.961. The van der Waals surface area contributed by atoms with Crippen LogP contribution in [0.25, 0.3) is 0 Å². The summed E-state index contributed by atoms with van der Waals surface area (Å²) in [5.41, 5.74) is 3.59. The third-order valence-electron chi connectivity index (χ3n) is 2.79. The van der Waals surface area contributed by atoms with Crippen molar-refractivity contribution >= 4 is 11.7 Å². The first-order chi connectivity index (χ1) is 7.58. The van der Waals surface area contributed by atoms with Crippen LogP contribution in [0, 0.1) is 6.92 Å². The molecule has 0 spiro atoms. The Balaban J connectivity index is 2.20. The molecule has 3 nitrogen and oxygen atoms in total. The molecule has 1 aliphatic rings. The van der Waals surface area contributed by atoms with Gasteiger partial charge in [-0.15, -0.1) is 0 Å². The van der Waals surface area contributed by atoms with Gasteiger partial charge < -0.3 is 5.32 Å². The monoisotopic (exact) mass is 218 g/mol. The van der Waals surface area contributed by atoms with Crippen LogP contribution in [0.2, 0.25) is 0 Å². The fourth-order valence-corrected chi connectivity index (χ4v) is 2.07. The molecule has 0 aromatic heterocycles. The van der Waals surface area contributed by atoms with Crippen LogP contribution in [0.1, 0.15) is 25.0 Å². The van der Waals surface area contributed by atoms with Crippen molar-refractivity contribution in [1.82, 2.24) is 5.32 Å². The molecule has 1 heterocycles. The Hall–Kier alpha value is -1.51. The Labute approximate surface area is 96.5 Å². The number of nitrogens with zero attached hydrogens (tertiary/aromatic N) is 1. The van der Waals surface area contributed by atoms with Crippen LogP contribution < -0.4 is 10.2 Å². The van der Waals surface area contributed by atoms with E-state index >= 15 is 0 Å². The fourth-order valence-electron chi connectivity index (χ4n) is 2.07. The van der Waals surface area contributed by atoms with Crippen molar-refractivity contribution < 1.29 is 4.79 Å². The first-order valence-corrected chi connectivity index (χ1v) is 5.75. The summed E-state index contributed by atoms with van der Waals surface area (Å²) in [6, 6.07) is 6.45. The maximum atomic E-state index is 11.9. The minimum Gasteiger partial charge on any atom is -0.336 e. The van der Waals surface area contributed by atoms with Crippen molar-refractivity contribution in [3.8, 4) is 0 Å². The molecule has 0 aliphatic carbocycles. The second kappa shape index (κ2) is 4.16. The minimum atomic E-state index is 0.0117. The van der Waals surface area contributed by atoms with E-state index in [1.165, 1.54) is 11.1 Å². The van der Waals surface area contributed by atoms with Crippen LogP contribution in [-0.2, 0) is 6.42 Å². The molecule has 0 fully saturated rings. The van der Waals surface area contributed by atoms with Crippen molar-refractivity contribution in [1.29, 1.82) is 0 Å². The number of hydrogen-bond donors (Lipinski definition) is 1. The zero-order valence-electron chi connectivity index (χ0n) is 10.1. The Kier molecular flexibility index (Phi) is 2.86. The average Bonchev–Trinajstić information content (AvgIpc) is 2.59. The third-order valence-corrected chi connectivity index (χ3v) is 2.79. The van der Waals surface area contributed by atoms with Crippen LogP contribution in [0.3, 0.4) is 0 Å². The Morgan fingerprint density at radius 3 is 2.88 bits per heavy atom. The van der Waals surface area contributed by atoms with E-state index in [-0.39, 0.29) is 12.1 Å². The SMILES string of the molecule is Cc1ccc2c(c1)CCN2C(=O)NC(C)C. The molecule has 2 rings (SSSR count). The Bertz CT molecular complexity index is 412. The van der Waals surface area contributed by atoms with Crippen molar-refractivity contribution in [2.24, 2.45) is 0 Å². The zero-order chi connectivity index (χ0) is 11.7. The van der Waals surface area contributed by atoms with Crippen LogP contribution in [-0.4, -0.2) is 18.6 Å². The molecule has 0 bridgehead atoms. The van der Waals surface area contributed by atoms with Gasteiger partial charge in [0.2, 0.25) is 0 Å². The smallest absolute Gasteiger partial charge is 0.322 e. The summed E-state index contributed by atoms with van der Waals surface area (Å²) >= 11 is 0. The molecule has 1 N–H and O–H groups in total. The van der Waals surface area contributed by atoms with Gasteiger partial charge in [0.05, 0.1) is 0 Å². The predicted octanol–water partition coefficient (Wildman–Crippen LogP) is 2.48. The standard InChI is InChI=1S/C13H18N2O/c1-9(2)14-13(16)15-7-6-11-8-10(3)4-5-12(11)15/h4-5,8-9H,6-7H2,1-3H3,(H,14,16). The van der Waals surface area contributed by atoms with E-state index in [9.17, 15) is 4.79 Å². The molecule has 3 heteroatoms. The lowest BCUT2D eigenvalue weighted by Gasteiger charge is -2.19. The predicted molar refractivity (Wildman–Crippen MR) is 65.9 cm³/mol. The first kappa shape index (κ1) is 11.0. The van der Waals surface area contributed by atoms with Crippen molar-refractivity contribution in [2.45, 2.75) is 33.2 Å². The van der Waals surface area contributed by atoms with Gasteiger partial charge in [-0.1, -0.05) is 17.7 Å². The molecule has 0 atom stereocenters. The lowest BCUT2D eigenvalue weighted by atomic mass is 10.1. The molecular formula is C13H18N2O. The van der Waals surface area contributed by atoms with E-state index in [0.717, 1.165) is 18.7 Å². The number of carbonyl (C=O) groups excluding carboxylic acids is 1. The summed E-state index contributed by atoms with van der Waals surface area (Å²) in [5, 5.41) is 2.93. The molecule has 0 saturated heterocycles. The number of benzene rings is 1. The van der Waals surface area contributed by atoms with E-state index in [1.54, 1.807) is 0 Å². The van der Waals surface area contributed by atoms with Gasteiger partial charge in [0.15, 0.2) is 0 Å². The van der Waals surface area contributed by atoms with Crippen LogP contribution in [0.4, 0.5) is 10.5 Å². The highest BCUT2D eigenvalue weighted by atomic mass is 16.2. The number of urea groups is 1. The topological polar surface area (TPSA) is 32.3 Å². The largest absolute Gasteiger partial charge is 0.336 e. The van der Waals surface area contributed by atoms with E-state index in [4.69, 9.17) is 0 Å². The van der Waals surface area contributed by atoms with E-state index in [1.807, 2.05) is 24.8 Å². The molecular weight excluding hydrogens is 200 g/mol. The quantitative estimate of drug-likeness (QED) is 0.771. The summed E-state index contributed by atoms with van der Waals surface area (Å²) in [5.74, 6) is 0. The van der Waals surface area contributed by atoms with Gasteiger partial charge in [-0.05, 0) is 38.8 Å². The fraction of sp³-hybridized carbons (Fsp3) is 0.462. The minimum absolute atomic E-state index is 0.0117.